The van der Waals surface area contributed by atoms with E-state index in [0.717, 1.165) is 36.5 Å². The molecule has 2 aromatic rings. The lowest BCUT2D eigenvalue weighted by Crippen LogP contribution is -2.77. The standard InChI is InChI=1S/C27H24F6N2O2/c28-26(29,30)25(27(31,32)33,23(15-11-19(34)12-16-23)36-21-7-3-1-4-8-21)24(17-13-20(35)14-18-24)37-22-9-5-2-6-10-22/h1-15,17H,16,18,34-35H2. The fourth-order valence-corrected chi connectivity index (χ4v) is 5.01. The maximum atomic E-state index is 15.5. The Morgan fingerprint density at radius 3 is 1.22 bits per heavy atom. The molecule has 0 saturated heterocycles. The van der Waals surface area contributed by atoms with Crippen LogP contribution in [-0.2, 0) is 0 Å². The van der Waals surface area contributed by atoms with E-state index in [1.54, 1.807) is 12.1 Å². The first-order chi connectivity index (χ1) is 17.4. The van der Waals surface area contributed by atoms with Crippen LogP contribution in [0.5, 0.6) is 11.5 Å². The zero-order chi connectivity index (χ0) is 27.0. The number of ether oxygens (including phenoxy) is 2. The topological polar surface area (TPSA) is 70.5 Å². The lowest BCUT2D eigenvalue weighted by molar-refractivity contribution is -0.410. The van der Waals surface area contributed by atoms with Crippen LogP contribution in [0.3, 0.4) is 0 Å². The average molecular weight is 522 g/mol. The SMILES string of the molecule is NC1=CCC(Oc2ccccc2)(C(C(F)(F)F)(C(F)(F)F)C2(Oc3ccccc3)C=CC(N)=CC2)C=C1. The Kier molecular flexibility index (Phi) is 6.56. The zero-order valence-electron chi connectivity index (χ0n) is 19.4. The average Bonchev–Trinajstić information content (AvgIpc) is 2.83. The van der Waals surface area contributed by atoms with Crippen molar-refractivity contribution in [2.45, 2.75) is 36.4 Å². The Morgan fingerprint density at radius 1 is 0.595 bits per heavy atom. The van der Waals surface area contributed by atoms with Crippen LogP contribution in [0.4, 0.5) is 26.3 Å². The van der Waals surface area contributed by atoms with Gasteiger partial charge in [-0.1, -0.05) is 48.6 Å². The van der Waals surface area contributed by atoms with Gasteiger partial charge in [-0.2, -0.15) is 26.3 Å². The van der Waals surface area contributed by atoms with Crippen molar-refractivity contribution in [1.82, 2.24) is 0 Å². The molecule has 0 saturated carbocycles. The summed E-state index contributed by atoms with van der Waals surface area (Å²) in [5, 5.41) is 0. The van der Waals surface area contributed by atoms with Gasteiger partial charge >= 0.3 is 12.4 Å². The van der Waals surface area contributed by atoms with Gasteiger partial charge in [-0.3, -0.25) is 0 Å². The Morgan fingerprint density at radius 2 is 0.946 bits per heavy atom. The minimum absolute atomic E-state index is 0.00638. The molecule has 0 radical (unpaired) electrons. The molecule has 2 unspecified atom stereocenters. The molecule has 0 spiro atoms. The second-order valence-electron chi connectivity index (χ2n) is 8.84. The smallest absolute Gasteiger partial charge is 0.411 e. The van der Waals surface area contributed by atoms with E-state index < -0.39 is 41.8 Å². The molecule has 0 heterocycles. The molecule has 37 heavy (non-hydrogen) atoms. The summed E-state index contributed by atoms with van der Waals surface area (Å²) in [6.45, 7) is 0. The van der Waals surface area contributed by atoms with Crippen LogP contribution in [0, 0.1) is 5.41 Å². The van der Waals surface area contributed by atoms with E-state index in [1.807, 2.05) is 0 Å². The lowest BCUT2D eigenvalue weighted by Gasteiger charge is -2.57. The Hall–Kier alpha value is -3.82. The molecular weight excluding hydrogens is 498 g/mol. The van der Waals surface area contributed by atoms with Crippen molar-refractivity contribution in [3.05, 3.63) is 109 Å². The molecule has 4 rings (SSSR count). The normalized spacial score (nSPS) is 24.3. The summed E-state index contributed by atoms with van der Waals surface area (Å²) in [6.07, 6.45) is -7.93. The van der Waals surface area contributed by atoms with Crippen molar-refractivity contribution in [2.24, 2.45) is 16.9 Å². The number of allylic oxidation sites excluding steroid dienone is 2. The fraction of sp³-hybridized carbons (Fsp3) is 0.259. The highest BCUT2D eigenvalue weighted by Crippen LogP contribution is 2.67. The van der Waals surface area contributed by atoms with Crippen molar-refractivity contribution < 1.29 is 35.8 Å². The molecule has 10 heteroatoms. The first-order valence-corrected chi connectivity index (χ1v) is 11.3. The van der Waals surface area contributed by atoms with Gasteiger partial charge in [0.15, 0.2) is 11.2 Å². The minimum atomic E-state index is -5.94. The molecule has 196 valence electrons. The van der Waals surface area contributed by atoms with Crippen molar-refractivity contribution in [1.29, 1.82) is 0 Å². The van der Waals surface area contributed by atoms with Crippen LogP contribution >= 0.6 is 0 Å². The van der Waals surface area contributed by atoms with Gasteiger partial charge in [0.25, 0.3) is 0 Å². The van der Waals surface area contributed by atoms with Gasteiger partial charge < -0.3 is 20.9 Å². The molecule has 2 aromatic carbocycles. The molecule has 2 atom stereocenters. The van der Waals surface area contributed by atoms with Gasteiger partial charge in [-0.05, 0) is 48.6 Å². The van der Waals surface area contributed by atoms with E-state index in [9.17, 15) is 0 Å². The van der Waals surface area contributed by atoms with E-state index in [0.29, 0.717) is 0 Å². The van der Waals surface area contributed by atoms with Crippen molar-refractivity contribution in [3.63, 3.8) is 0 Å². The molecule has 2 aliphatic rings. The lowest BCUT2D eigenvalue weighted by atomic mass is 9.55. The van der Waals surface area contributed by atoms with Crippen LogP contribution in [0.15, 0.2) is 109 Å². The summed E-state index contributed by atoms with van der Waals surface area (Å²) < 4.78 is 104. The third kappa shape index (κ3) is 4.34. The van der Waals surface area contributed by atoms with Gasteiger partial charge in [-0.15, -0.1) is 0 Å². The Labute approximate surface area is 209 Å². The summed E-state index contributed by atoms with van der Waals surface area (Å²) in [5.41, 5.74) is 0.781. The maximum absolute atomic E-state index is 15.5. The predicted molar refractivity (Wildman–Crippen MR) is 126 cm³/mol. The number of hydrogen-bond donors (Lipinski definition) is 2. The number of benzene rings is 2. The molecule has 0 aliphatic heterocycles. The summed E-state index contributed by atoms with van der Waals surface area (Å²) in [5.74, 6) is -0.382. The first-order valence-electron chi connectivity index (χ1n) is 11.3. The van der Waals surface area contributed by atoms with Gasteiger partial charge in [-0.25, -0.2) is 0 Å². The highest BCUT2D eigenvalue weighted by atomic mass is 19.4. The van der Waals surface area contributed by atoms with E-state index in [-0.39, 0.29) is 22.9 Å². The molecule has 0 fully saturated rings. The van der Waals surface area contributed by atoms with Crippen LogP contribution in [-0.4, -0.2) is 23.6 Å². The van der Waals surface area contributed by atoms with Crippen LogP contribution in [0.1, 0.15) is 12.8 Å². The van der Waals surface area contributed by atoms with E-state index >= 15 is 26.3 Å². The van der Waals surface area contributed by atoms with E-state index in [4.69, 9.17) is 20.9 Å². The van der Waals surface area contributed by atoms with Crippen LogP contribution in [0.25, 0.3) is 0 Å². The molecule has 4 N–H and O–H groups in total. The Bertz CT molecular complexity index is 1140. The Balaban J connectivity index is 2.09. The highest BCUT2D eigenvalue weighted by molar-refractivity contribution is 5.42. The second-order valence-corrected chi connectivity index (χ2v) is 8.84. The quantitative estimate of drug-likeness (QED) is 0.435. The zero-order valence-corrected chi connectivity index (χ0v) is 19.4. The monoisotopic (exact) mass is 522 g/mol. The second kappa shape index (κ2) is 9.24. The number of halogens is 6. The summed E-state index contributed by atoms with van der Waals surface area (Å²) in [6, 6.07) is 14.1. The number of alkyl halides is 6. The van der Waals surface area contributed by atoms with E-state index in [2.05, 4.69) is 0 Å². The van der Waals surface area contributed by atoms with Crippen molar-refractivity contribution in [2.75, 3.05) is 0 Å². The van der Waals surface area contributed by atoms with Gasteiger partial charge in [0.2, 0.25) is 5.41 Å². The van der Waals surface area contributed by atoms with Gasteiger partial charge in [0.05, 0.1) is 0 Å². The van der Waals surface area contributed by atoms with Crippen LogP contribution in [0.2, 0.25) is 0 Å². The molecule has 2 aliphatic carbocycles. The van der Waals surface area contributed by atoms with E-state index in [1.165, 1.54) is 48.5 Å². The number of nitrogens with two attached hydrogens (primary N) is 2. The van der Waals surface area contributed by atoms with Gasteiger partial charge in [0, 0.05) is 24.2 Å². The number of para-hydroxylation sites is 2. The molecule has 0 bridgehead atoms. The number of hydrogen-bond acceptors (Lipinski definition) is 4. The van der Waals surface area contributed by atoms with Crippen LogP contribution < -0.4 is 20.9 Å². The third-order valence-electron chi connectivity index (χ3n) is 6.58. The summed E-state index contributed by atoms with van der Waals surface area (Å²) in [7, 11) is 0. The molecule has 0 amide bonds. The minimum Gasteiger partial charge on any atom is -0.481 e. The van der Waals surface area contributed by atoms with Crippen molar-refractivity contribution >= 4 is 0 Å². The number of rotatable bonds is 6. The third-order valence-corrected chi connectivity index (χ3v) is 6.58. The van der Waals surface area contributed by atoms with Gasteiger partial charge in [0.1, 0.15) is 11.5 Å². The molecule has 0 aromatic heterocycles. The maximum Gasteiger partial charge on any atom is 0.411 e. The van der Waals surface area contributed by atoms with Crippen molar-refractivity contribution in [3.8, 4) is 11.5 Å². The first kappa shape index (κ1) is 26.2. The highest BCUT2D eigenvalue weighted by Gasteiger charge is 2.88. The fourth-order valence-electron chi connectivity index (χ4n) is 5.01. The largest absolute Gasteiger partial charge is 0.481 e. The predicted octanol–water partition coefficient (Wildman–Crippen LogP) is 6.34. The summed E-state index contributed by atoms with van der Waals surface area (Å²) >= 11 is 0. The summed E-state index contributed by atoms with van der Waals surface area (Å²) in [4.78, 5) is 0. The molecule has 4 nitrogen and oxygen atoms in total. The molecular formula is C27H24F6N2O2.